The Hall–Kier alpha value is -0.160. The third-order valence-corrected chi connectivity index (χ3v) is 3.25. The molecule has 3 unspecified atom stereocenters. The minimum Gasteiger partial charge on any atom is -0.376 e. The normalized spacial score (nSPS) is 33.2. The van der Waals surface area contributed by atoms with E-state index in [4.69, 9.17) is 15.2 Å². The standard InChI is InChI=1S/C11H22N2O2/c1-2-14-11(5-12)8-13-6-9-3-4-10(7-13)15-9/h9-11H,2-8,12H2,1H3. The van der Waals surface area contributed by atoms with Crippen LogP contribution in [0, 0.1) is 0 Å². The van der Waals surface area contributed by atoms with Gasteiger partial charge in [-0.15, -0.1) is 0 Å². The first kappa shape index (κ1) is 11.3. The van der Waals surface area contributed by atoms with E-state index in [0.29, 0.717) is 18.8 Å². The summed E-state index contributed by atoms with van der Waals surface area (Å²) in [5.74, 6) is 0. The maximum Gasteiger partial charge on any atom is 0.0823 e. The first-order valence-corrected chi connectivity index (χ1v) is 6.01. The Kier molecular flexibility index (Phi) is 3.97. The van der Waals surface area contributed by atoms with Gasteiger partial charge in [0.25, 0.3) is 0 Å². The second kappa shape index (κ2) is 5.25. The summed E-state index contributed by atoms with van der Waals surface area (Å²) in [5, 5.41) is 0. The summed E-state index contributed by atoms with van der Waals surface area (Å²) in [6.07, 6.45) is 3.56. The van der Waals surface area contributed by atoms with Crippen LogP contribution in [0.3, 0.4) is 0 Å². The first-order chi connectivity index (χ1) is 7.31. The molecule has 0 aromatic carbocycles. The number of nitrogens with two attached hydrogens (primary N) is 1. The SMILES string of the molecule is CCOC(CN)CN1CC2CCC(C1)O2. The number of hydrogen-bond donors (Lipinski definition) is 1. The molecule has 2 fully saturated rings. The fourth-order valence-corrected chi connectivity index (χ4v) is 2.57. The monoisotopic (exact) mass is 214 g/mol. The van der Waals surface area contributed by atoms with Gasteiger partial charge in [-0.05, 0) is 19.8 Å². The molecule has 2 aliphatic rings. The summed E-state index contributed by atoms with van der Waals surface area (Å²) in [6.45, 7) is 6.45. The molecule has 3 atom stereocenters. The average molecular weight is 214 g/mol. The molecule has 0 radical (unpaired) electrons. The van der Waals surface area contributed by atoms with E-state index in [1.807, 2.05) is 6.92 Å². The van der Waals surface area contributed by atoms with Gasteiger partial charge in [0, 0.05) is 32.8 Å². The summed E-state index contributed by atoms with van der Waals surface area (Å²) >= 11 is 0. The quantitative estimate of drug-likeness (QED) is 0.711. The minimum atomic E-state index is 0.187. The lowest BCUT2D eigenvalue weighted by atomic mass is 10.2. The van der Waals surface area contributed by atoms with Crippen LogP contribution in [-0.4, -0.2) is 56.0 Å². The minimum absolute atomic E-state index is 0.187. The molecule has 4 heteroatoms. The van der Waals surface area contributed by atoms with Crippen molar-refractivity contribution in [3.05, 3.63) is 0 Å². The number of likely N-dealkylation sites (tertiary alicyclic amines) is 1. The predicted molar refractivity (Wildman–Crippen MR) is 58.8 cm³/mol. The van der Waals surface area contributed by atoms with E-state index in [1.165, 1.54) is 12.8 Å². The fourth-order valence-electron chi connectivity index (χ4n) is 2.57. The van der Waals surface area contributed by atoms with Crippen molar-refractivity contribution >= 4 is 0 Å². The summed E-state index contributed by atoms with van der Waals surface area (Å²) < 4.78 is 11.4. The van der Waals surface area contributed by atoms with E-state index < -0.39 is 0 Å². The van der Waals surface area contributed by atoms with Gasteiger partial charge in [0.15, 0.2) is 0 Å². The smallest absolute Gasteiger partial charge is 0.0823 e. The Morgan fingerprint density at radius 3 is 2.60 bits per heavy atom. The molecule has 0 spiro atoms. The summed E-state index contributed by atoms with van der Waals surface area (Å²) in [7, 11) is 0. The Balaban J connectivity index is 1.78. The van der Waals surface area contributed by atoms with Gasteiger partial charge in [0.05, 0.1) is 18.3 Å². The lowest BCUT2D eigenvalue weighted by Gasteiger charge is -2.34. The van der Waals surface area contributed by atoms with Crippen LogP contribution in [0.2, 0.25) is 0 Å². The van der Waals surface area contributed by atoms with Crippen molar-refractivity contribution in [2.45, 2.75) is 38.1 Å². The molecule has 2 heterocycles. The van der Waals surface area contributed by atoms with Crippen LogP contribution in [0.5, 0.6) is 0 Å². The number of morpholine rings is 1. The average Bonchev–Trinajstić information content (AvgIpc) is 2.57. The van der Waals surface area contributed by atoms with Crippen molar-refractivity contribution in [1.82, 2.24) is 4.90 Å². The second-order valence-electron chi connectivity index (χ2n) is 4.49. The van der Waals surface area contributed by atoms with Crippen LogP contribution < -0.4 is 5.73 Å². The van der Waals surface area contributed by atoms with Gasteiger partial charge in [-0.2, -0.15) is 0 Å². The van der Waals surface area contributed by atoms with Crippen LogP contribution >= 0.6 is 0 Å². The third kappa shape index (κ3) is 2.91. The summed E-state index contributed by atoms with van der Waals surface area (Å²) in [5.41, 5.74) is 5.68. The topological polar surface area (TPSA) is 47.7 Å². The molecule has 15 heavy (non-hydrogen) atoms. The Bertz CT molecular complexity index is 189. The van der Waals surface area contributed by atoms with Gasteiger partial charge in [-0.3, -0.25) is 4.90 Å². The van der Waals surface area contributed by atoms with E-state index in [1.54, 1.807) is 0 Å². The molecule has 2 saturated heterocycles. The third-order valence-electron chi connectivity index (χ3n) is 3.25. The molecular formula is C11H22N2O2. The van der Waals surface area contributed by atoms with Gasteiger partial charge >= 0.3 is 0 Å². The number of hydrogen-bond acceptors (Lipinski definition) is 4. The Morgan fingerprint density at radius 1 is 1.40 bits per heavy atom. The Morgan fingerprint density at radius 2 is 2.07 bits per heavy atom. The molecular weight excluding hydrogens is 192 g/mol. The summed E-state index contributed by atoms with van der Waals surface area (Å²) in [6, 6.07) is 0. The lowest BCUT2D eigenvalue weighted by Crippen LogP contribution is -2.47. The zero-order valence-corrected chi connectivity index (χ0v) is 9.52. The second-order valence-corrected chi connectivity index (χ2v) is 4.49. The van der Waals surface area contributed by atoms with Crippen molar-refractivity contribution in [1.29, 1.82) is 0 Å². The molecule has 0 amide bonds. The van der Waals surface area contributed by atoms with E-state index in [0.717, 1.165) is 26.2 Å². The number of ether oxygens (including phenoxy) is 2. The van der Waals surface area contributed by atoms with Gasteiger partial charge in [-0.25, -0.2) is 0 Å². The molecule has 4 nitrogen and oxygen atoms in total. The fraction of sp³-hybridized carbons (Fsp3) is 1.00. The van der Waals surface area contributed by atoms with Crippen molar-refractivity contribution < 1.29 is 9.47 Å². The van der Waals surface area contributed by atoms with Crippen molar-refractivity contribution in [2.24, 2.45) is 5.73 Å². The van der Waals surface area contributed by atoms with Crippen molar-refractivity contribution in [3.8, 4) is 0 Å². The van der Waals surface area contributed by atoms with Crippen LogP contribution in [0.4, 0.5) is 0 Å². The highest BCUT2D eigenvalue weighted by Gasteiger charge is 2.34. The maximum absolute atomic E-state index is 5.79. The van der Waals surface area contributed by atoms with Gasteiger partial charge in [0.2, 0.25) is 0 Å². The Labute approximate surface area is 91.7 Å². The van der Waals surface area contributed by atoms with Gasteiger partial charge < -0.3 is 15.2 Å². The maximum atomic E-state index is 5.79. The summed E-state index contributed by atoms with van der Waals surface area (Å²) in [4.78, 5) is 2.44. The van der Waals surface area contributed by atoms with Crippen LogP contribution in [-0.2, 0) is 9.47 Å². The van der Waals surface area contributed by atoms with Crippen LogP contribution in [0.1, 0.15) is 19.8 Å². The zero-order chi connectivity index (χ0) is 10.7. The highest BCUT2D eigenvalue weighted by Crippen LogP contribution is 2.26. The molecule has 0 aromatic heterocycles. The predicted octanol–water partition coefficient (Wildman–Crippen LogP) is 0.213. The molecule has 0 saturated carbocycles. The molecule has 0 aliphatic carbocycles. The highest BCUT2D eigenvalue weighted by molar-refractivity contribution is 4.85. The highest BCUT2D eigenvalue weighted by atomic mass is 16.5. The first-order valence-electron chi connectivity index (χ1n) is 6.01. The molecule has 2 rings (SSSR count). The molecule has 0 aromatic rings. The molecule has 2 N–H and O–H groups in total. The van der Waals surface area contributed by atoms with E-state index in [9.17, 15) is 0 Å². The van der Waals surface area contributed by atoms with E-state index >= 15 is 0 Å². The van der Waals surface area contributed by atoms with Crippen molar-refractivity contribution in [2.75, 3.05) is 32.8 Å². The van der Waals surface area contributed by atoms with Crippen LogP contribution in [0.25, 0.3) is 0 Å². The number of nitrogens with zero attached hydrogens (tertiary/aromatic N) is 1. The van der Waals surface area contributed by atoms with Crippen molar-refractivity contribution in [3.63, 3.8) is 0 Å². The molecule has 2 bridgehead atoms. The number of rotatable bonds is 5. The van der Waals surface area contributed by atoms with E-state index in [-0.39, 0.29) is 6.10 Å². The number of fused-ring (bicyclic) bond motifs is 2. The largest absolute Gasteiger partial charge is 0.376 e. The lowest BCUT2D eigenvalue weighted by molar-refractivity contribution is -0.0562. The van der Waals surface area contributed by atoms with E-state index in [2.05, 4.69) is 4.90 Å². The molecule has 2 aliphatic heterocycles. The van der Waals surface area contributed by atoms with Crippen LogP contribution in [0.15, 0.2) is 0 Å². The zero-order valence-electron chi connectivity index (χ0n) is 9.52. The van der Waals surface area contributed by atoms with Gasteiger partial charge in [0.1, 0.15) is 0 Å². The molecule has 88 valence electrons. The van der Waals surface area contributed by atoms with Gasteiger partial charge in [-0.1, -0.05) is 0 Å².